The van der Waals surface area contributed by atoms with E-state index in [-0.39, 0.29) is 6.04 Å². The number of guanidine groups is 1. The molecule has 1 saturated heterocycles. The minimum Gasteiger partial charge on any atom is -0.469 e. The average Bonchev–Trinajstić information content (AvgIpc) is 3.42. The standard InChI is InChI=1S/C20H28N4O2/c1-2-10-21-20(22-11-9-17-7-5-14-25-17)23-16-18(19-8-6-15-26-19)24-12-3-4-13-24/h2,5-8,14-15,18H,1,3-4,9-13,16H2,(H2,21,22,23). The molecule has 26 heavy (non-hydrogen) atoms. The lowest BCUT2D eigenvalue weighted by atomic mass is 10.2. The minimum absolute atomic E-state index is 0.180. The Hall–Kier alpha value is -2.47. The smallest absolute Gasteiger partial charge is 0.191 e. The van der Waals surface area contributed by atoms with Gasteiger partial charge in [-0.15, -0.1) is 6.58 Å². The number of hydrogen-bond acceptors (Lipinski definition) is 4. The van der Waals surface area contributed by atoms with E-state index < -0.39 is 0 Å². The van der Waals surface area contributed by atoms with Gasteiger partial charge in [-0.3, -0.25) is 9.89 Å². The molecule has 1 aliphatic rings. The molecule has 1 atom stereocenters. The Balaban J connectivity index is 1.61. The van der Waals surface area contributed by atoms with Gasteiger partial charge in [0, 0.05) is 19.5 Å². The van der Waals surface area contributed by atoms with Gasteiger partial charge >= 0.3 is 0 Å². The minimum atomic E-state index is 0.180. The van der Waals surface area contributed by atoms with E-state index in [4.69, 9.17) is 13.8 Å². The lowest BCUT2D eigenvalue weighted by molar-refractivity contribution is 0.221. The maximum absolute atomic E-state index is 5.67. The summed E-state index contributed by atoms with van der Waals surface area (Å²) < 4.78 is 11.0. The van der Waals surface area contributed by atoms with Crippen molar-refractivity contribution in [3.63, 3.8) is 0 Å². The zero-order valence-corrected chi connectivity index (χ0v) is 15.2. The Morgan fingerprint density at radius 1 is 1.19 bits per heavy atom. The molecule has 2 aromatic rings. The van der Waals surface area contributed by atoms with Gasteiger partial charge in [0.25, 0.3) is 0 Å². The molecular weight excluding hydrogens is 328 g/mol. The van der Waals surface area contributed by atoms with Crippen molar-refractivity contribution in [2.45, 2.75) is 25.3 Å². The Labute approximate surface area is 155 Å². The summed E-state index contributed by atoms with van der Waals surface area (Å²) in [6.45, 7) is 8.05. The van der Waals surface area contributed by atoms with Crippen LogP contribution in [0.4, 0.5) is 0 Å². The molecule has 0 amide bonds. The van der Waals surface area contributed by atoms with Crippen LogP contribution in [0.5, 0.6) is 0 Å². The molecular formula is C20H28N4O2. The second-order valence-corrected chi connectivity index (χ2v) is 6.39. The lowest BCUT2D eigenvalue weighted by Crippen LogP contribution is -2.39. The number of nitrogens with one attached hydrogen (secondary N) is 2. The number of hydrogen-bond donors (Lipinski definition) is 2. The first kappa shape index (κ1) is 18.3. The van der Waals surface area contributed by atoms with Gasteiger partial charge in [0.1, 0.15) is 11.5 Å². The third-order valence-electron chi connectivity index (χ3n) is 4.53. The molecule has 0 aliphatic carbocycles. The van der Waals surface area contributed by atoms with Gasteiger partial charge < -0.3 is 19.5 Å². The topological polar surface area (TPSA) is 65.9 Å². The van der Waals surface area contributed by atoms with Crippen LogP contribution in [0.2, 0.25) is 0 Å². The van der Waals surface area contributed by atoms with Crippen LogP contribution in [0.25, 0.3) is 0 Å². The maximum Gasteiger partial charge on any atom is 0.191 e. The first-order valence-electron chi connectivity index (χ1n) is 9.29. The normalized spacial score (nSPS) is 16.5. The molecule has 0 saturated carbocycles. The summed E-state index contributed by atoms with van der Waals surface area (Å²) in [5.74, 6) is 2.73. The Bertz CT molecular complexity index is 658. The summed E-state index contributed by atoms with van der Waals surface area (Å²) >= 11 is 0. The fourth-order valence-electron chi connectivity index (χ4n) is 3.20. The number of nitrogens with zero attached hydrogens (tertiary/aromatic N) is 2. The van der Waals surface area contributed by atoms with Crippen molar-refractivity contribution < 1.29 is 8.83 Å². The molecule has 0 bridgehead atoms. The SMILES string of the molecule is C=CCNC(=NCC(c1ccco1)N1CCCC1)NCCc1ccco1. The highest BCUT2D eigenvalue weighted by Crippen LogP contribution is 2.25. The molecule has 1 fully saturated rings. The van der Waals surface area contributed by atoms with Crippen LogP contribution in [0.3, 0.4) is 0 Å². The highest BCUT2D eigenvalue weighted by atomic mass is 16.3. The van der Waals surface area contributed by atoms with E-state index in [0.29, 0.717) is 13.1 Å². The fraction of sp³-hybridized carbons (Fsp3) is 0.450. The van der Waals surface area contributed by atoms with E-state index in [9.17, 15) is 0 Å². The third kappa shape index (κ3) is 5.26. The number of likely N-dealkylation sites (tertiary alicyclic amines) is 1. The van der Waals surface area contributed by atoms with Gasteiger partial charge in [-0.25, -0.2) is 0 Å². The molecule has 1 aliphatic heterocycles. The van der Waals surface area contributed by atoms with Gasteiger partial charge in [0.05, 0.1) is 25.1 Å². The molecule has 2 N–H and O–H groups in total. The molecule has 0 radical (unpaired) electrons. The van der Waals surface area contributed by atoms with Crippen LogP contribution >= 0.6 is 0 Å². The Morgan fingerprint density at radius 3 is 2.69 bits per heavy atom. The van der Waals surface area contributed by atoms with Crippen LogP contribution in [0.15, 0.2) is 63.3 Å². The number of aliphatic imine (C=N–C) groups is 1. The molecule has 140 valence electrons. The van der Waals surface area contributed by atoms with E-state index in [2.05, 4.69) is 22.1 Å². The molecule has 1 unspecified atom stereocenters. The quantitative estimate of drug-likeness (QED) is 0.411. The second kappa shape index (κ2) is 9.87. The van der Waals surface area contributed by atoms with Gasteiger partial charge in [-0.2, -0.15) is 0 Å². The largest absolute Gasteiger partial charge is 0.469 e. The molecule has 0 spiro atoms. The summed E-state index contributed by atoms with van der Waals surface area (Å²) in [5, 5.41) is 6.65. The van der Waals surface area contributed by atoms with Crippen molar-refractivity contribution in [3.8, 4) is 0 Å². The van der Waals surface area contributed by atoms with Crippen molar-refractivity contribution >= 4 is 5.96 Å². The summed E-state index contributed by atoms with van der Waals surface area (Å²) in [7, 11) is 0. The highest BCUT2D eigenvalue weighted by Gasteiger charge is 2.25. The number of furan rings is 2. The lowest BCUT2D eigenvalue weighted by Gasteiger charge is -2.24. The predicted octanol–water partition coefficient (Wildman–Crippen LogP) is 2.97. The average molecular weight is 356 g/mol. The van der Waals surface area contributed by atoms with Crippen LogP contribution in [-0.4, -0.2) is 43.6 Å². The van der Waals surface area contributed by atoms with Crippen molar-refractivity contribution in [3.05, 3.63) is 61.0 Å². The fourth-order valence-corrected chi connectivity index (χ4v) is 3.20. The second-order valence-electron chi connectivity index (χ2n) is 6.39. The molecule has 6 nitrogen and oxygen atoms in total. The van der Waals surface area contributed by atoms with E-state index in [1.54, 1.807) is 12.5 Å². The Morgan fingerprint density at radius 2 is 2.00 bits per heavy atom. The van der Waals surface area contributed by atoms with Crippen molar-refractivity contribution in [2.24, 2.45) is 4.99 Å². The molecule has 6 heteroatoms. The van der Waals surface area contributed by atoms with Crippen LogP contribution in [0.1, 0.15) is 30.4 Å². The first-order chi connectivity index (χ1) is 12.9. The van der Waals surface area contributed by atoms with E-state index in [1.807, 2.05) is 30.3 Å². The third-order valence-corrected chi connectivity index (χ3v) is 4.53. The van der Waals surface area contributed by atoms with E-state index in [0.717, 1.165) is 43.5 Å². The molecule has 2 aromatic heterocycles. The summed E-state index contributed by atoms with van der Waals surface area (Å²) in [6.07, 6.45) is 8.56. The maximum atomic E-state index is 5.67. The van der Waals surface area contributed by atoms with E-state index in [1.165, 1.54) is 12.8 Å². The van der Waals surface area contributed by atoms with Crippen LogP contribution < -0.4 is 10.6 Å². The number of rotatable bonds is 9. The van der Waals surface area contributed by atoms with Crippen molar-refractivity contribution in [1.29, 1.82) is 0 Å². The zero-order valence-electron chi connectivity index (χ0n) is 15.2. The van der Waals surface area contributed by atoms with Gasteiger partial charge in [-0.1, -0.05) is 6.08 Å². The monoisotopic (exact) mass is 356 g/mol. The van der Waals surface area contributed by atoms with Crippen molar-refractivity contribution in [1.82, 2.24) is 15.5 Å². The summed E-state index contributed by atoms with van der Waals surface area (Å²) in [6, 6.07) is 8.06. The van der Waals surface area contributed by atoms with Gasteiger partial charge in [0.15, 0.2) is 5.96 Å². The van der Waals surface area contributed by atoms with Gasteiger partial charge in [0.2, 0.25) is 0 Å². The highest BCUT2D eigenvalue weighted by molar-refractivity contribution is 5.79. The predicted molar refractivity (Wildman–Crippen MR) is 103 cm³/mol. The zero-order chi connectivity index (χ0) is 18.0. The Kier molecular flexibility index (Phi) is 6.96. The van der Waals surface area contributed by atoms with Crippen molar-refractivity contribution in [2.75, 3.05) is 32.7 Å². The first-order valence-corrected chi connectivity index (χ1v) is 9.29. The van der Waals surface area contributed by atoms with Crippen LogP contribution in [-0.2, 0) is 6.42 Å². The van der Waals surface area contributed by atoms with Crippen LogP contribution in [0, 0.1) is 0 Å². The molecule has 3 heterocycles. The molecule has 3 rings (SSSR count). The van der Waals surface area contributed by atoms with E-state index >= 15 is 0 Å². The molecule has 0 aromatic carbocycles. The summed E-state index contributed by atoms with van der Waals surface area (Å²) in [4.78, 5) is 7.25. The summed E-state index contributed by atoms with van der Waals surface area (Å²) in [5.41, 5.74) is 0. The van der Waals surface area contributed by atoms with Gasteiger partial charge in [-0.05, 0) is 50.2 Å².